The number of para-hydroxylation sites is 3. The maximum atomic E-state index is 6.29. The average molecular weight is 850 g/mol. The zero-order valence-corrected chi connectivity index (χ0v) is 37.4. The van der Waals surface area contributed by atoms with E-state index in [0.717, 1.165) is 51.3 Å². The van der Waals surface area contributed by atoms with E-state index in [4.69, 9.17) is 9.40 Å². The van der Waals surface area contributed by atoms with Gasteiger partial charge >= 0.3 is 17.1 Å². The van der Waals surface area contributed by atoms with E-state index in [1.54, 1.807) is 0 Å². The first-order valence-corrected chi connectivity index (χ1v) is 22.7. The number of aromatic nitrogens is 1. The Morgan fingerprint density at radius 3 is 1.51 bits per heavy atom. The Hall–Kier alpha value is -4.89. The fourth-order valence-electron chi connectivity index (χ4n) is 12.7. The Kier molecular flexibility index (Phi) is 10.0. The Bertz CT molecular complexity index is 2890. The second-order valence-electron chi connectivity index (χ2n) is 20.1. The van der Waals surface area contributed by atoms with E-state index >= 15 is 0 Å². The van der Waals surface area contributed by atoms with Crippen LogP contribution in [0.4, 0.5) is 5.69 Å². The van der Waals surface area contributed by atoms with Gasteiger partial charge in [0.1, 0.15) is 16.7 Å². The zero-order chi connectivity index (χ0) is 40.9. The Morgan fingerprint density at radius 1 is 0.541 bits per heavy atom. The van der Waals surface area contributed by atoms with Gasteiger partial charge in [0.2, 0.25) is 0 Å². The van der Waals surface area contributed by atoms with Crippen LogP contribution in [-0.4, -0.2) is 16.3 Å². The summed E-state index contributed by atoms with van der Waals surface area (Å²) in [7, 11) is 0. The summed E-state index contributed by atoms with van der Waals surface area (Å²) in [6.45, 7) is 14.4. The Morgan fingerprint density at radius 2 is 1.00 bits per heavy atom. The summed E-state index contributed by atoms with van der Waals surface area (Å²) < 4.78 is 8.95. The SMILES string of the molecule is CC(C)c1cccc(C(C)C)c1[N+]1=[C-]C2(CC1(C)C)C1CC3CC(C1)CC2C3.[Cu+2].c1ccc2oc3cc4c5ccccc5c5ccccc5c5ccccc5c4cc3[n-]c2c1. The molecule has 4 heteroatoms. The summed E-state index contributed by atoms with van der Waals surface area (Å²) >= 11 is 0. The first kappa shape index (κ1) is 40.2. The molecule has 0 unspecified atom stereocenters. The van der Waals surface area contributed by atoms with Gasteiger partial charge in [-0.15, -0.1) is 0 Å². The number of benzene rings is 6. The van der Waals surface area contributed by atoms with Gasteiger partial charge in [-0.2, -0.15) is 0 Å². The molecule has 1 aliphatic heterocycles. The van der Waals surface area contributed by atoms with Crippen molar-refractivity contribution in [2.75, 3.05) is 0 Å². The summed E-state index contributed by atoms with van der Waals surface area (Å²) in [4.78, 5) is 4.92. The van der Waals surface area contributed by atoms with Crippen LogP contribution in [0, 0.1) is 29.1 Å². The smallest absolute Gasteiger partial charge is 0.652 e. The van der Waals surface area contributed by atoms with Gasteiger partial charge in [0.25, 0.3) is 0 Å². The molecule has 0 atom stereocenters. The minimum Gasteiger partial charge on any atom is -0.652 e. The molecule has 5 aliphatic rings. The van der Waals surface area contributed by atoms with E-state index in [1.807, 2.05) is 24.3 Å². The van der Waals surface area contributed by atoms with Crippen LogP contribution in [0.3, 0.4) is 0 Å². The minimum atomic E-state index is 0. The molecule has 4 saturated carbocycles. The van der Waals surface area contributed by atoms with Crippen molar-refractivity contribution in [3.8, 4) is 0 Å². The van der Waals surface area contributed by atoms with Crippen LogP contribution in [0.1, 0.15) is 103 Å². The predicted molar refractivity (Wildman–Crippen MR) is 252 cm³/mol. The van der Waals surface area contributed by atoms with E-state index in [0.29, 0.717) is 17.3 Å². The van der Waals surface area contributed by atoms with Crippen molar-refractivity contribution in [2.45, 2.75) is 97.4 Å². The van der Waals surface area contributed by atoms with Gasteiger partial charge in [-0.1, -0.05) is 165 Å². The van der Waals surface area contributed by atoms with Crippen LogP contribution in [0.25, 0.3) is 65.3 Å². The van der Waals surface area contributed by atoms with Gasteiger partial charge < -0.3 is 14.0 Å². The third kappa shape index (κ3) is 6.55. The van der Waals surface area contributed by atoms with E-state index in [1.165, 1.54) is 93.0 Å². The minimum absolute atomic E-state index is 0. The van der Waals surface area contributed by atoms with Gasteiger partial charge in [-0.25, -0.2) is 0 Å². The predicted octanol–water partition coefficient (Wildman–Crippen LogP) is 15.4. The topological polar surface area (TPSA) is 30.2 Å². The van der Waals surface area contributed by atoms with Crippen LogP contribution < -0.4 is 4.98 Å². The number of hydrogen-bond acceptors (Lipinski definition) is 1. The summed E-state index contributed by atoms with van der Waals surface area (Å²) in [6.07, 6.45) is 13.0. The second-order valence-corrected chi connectivity index (χ2v) is 20.1. The molecule has 8 aromatic rings. The number of nitrogens with zero attached hydrogens (tertiary/aromatic N) is 2. The molecule has 1 aromatic heterocycles. The van der Waals surface area contributed by atoms with Gasteiger partial charge in [-0.3, -0.25) is 0 Å². The fourth-order valence-corrected chi connectivity index (χ4v) is 12.7. The quantitative estimate of drug-likeness (QED) is 0.0767. The molecule has 311 valence electrons. The summed E-state index contributed by atoms with van der Waals surface area (Å²) in [5.41, 5.74) is 8.32. The normalized spacial score (nSPS) is 23.6. The second kappa shape index (κ2) is 15.2. The monoisotopic (exact) mass is 848 g/mol. The van der Waals surface area contributed by atoms with Crippen LogP contribution in [0.15, 0.2) is 132 Å². The van der Waals surface area contributed by atoms with Crippen molar-refractivity contribution in [3.05, 3.63) is 139 Å². The molecule has 3 nitrogen and oxygen atoms in total. The first-order valence-electron chi connectivity index (χ1n) is 22.7. The van der Waals surface area contributed by atoms with Crippen LogP contribution in [0.2, 0.25) is 0 Å². The molecule has 61 heavy (non-hydrogen) atoms. The van der Waals surface area contributed by atoms with Crippen molar-refractivity contribution < 1.29 is 26.1 Å². The van der Waals surface area contributed by atoms with Gasteiger partial charge in [0.15, 0.2) is 0 Å². The standard InChI is InChI=1S/C30H18NO.C27H39N.Cu/c1-2-10-20-19(9-1)21-11-3-5-13-23(21)25-17-28-30(32-29-16-8-7-15-27(29)31-28)18-26(25)24-14-6-4-12-22(20)24;1-17(2)23-8-7-9-24(18(3)4)25(23)28-16-27(15-26(28,5)6)21-11-19-10-20(13-21)14-22(27)12-19;/h1-18H;7-9,17-22H,10-15H2,1-6H3;/q-1;;+2. The third-order valence-electron chi connectivity index (χ3n) is 15.2. The molecule has 4 fully saturated rings. The number of hydrogen-bond donors (Lipinski definition) is 0. The molecule has 0 N–H and O–H groups in total. The van der Waals surface area contributed by atoms with Crippen LogP contribution >= 0.6 is 0 Å². The third-order valence-corrected chi connectivity index (χ3v) is 15.2. The maximum absolute atomic E-state index is 6.29. The molecule has 13 rings (SSSR count). The molecule has 4 aliphatic carbocycles. The number of fused-ring (bicyclic) bond motifs is 10. The molecule has 4 bridgehead atoms. The molecule has 1 radical (unpaired) electrons. The van der Waals surface area contributed by atoms with Crippen molar-refractivity contribution in [1.29, 1.82) is 0 Å². The van der Waals surface area contributed by atoms with E-state index in [-0.39, 0.29) is 22.6 Å². The Balaban J connectivity index is 0.000000145. The van der Waals surface area contributed by atoms with Gasteiger partial charge in [0, 0.05) is 12.6 Å². The van der Waals surface area contributed by atoms with E-state index in [9.17, 15) is 0 Å². The number of rotatable bonds is 3. The fraction of sp³-hybridized carbons (Fsp3) is 0.351. The largest absolute Gasteiger partial charge is 2.00 e. The van der Waals surface area contributed by atoms with Gasteiger partial charge in [0.05, 0.1) is 5.69 Å². The summed E-state index contributed by atoms with van der Waals surface area (Å²) in [5, 5.41) is 9.70. The molecule has 0 saturated heterocycles. The summed E-state index contributed by atoms with van der Waals surface area (Å²) in [5.74, 6) is 4.92. The molecule has 0 amide bonds. The van der Waals surface area contributed by atoms with Crippen LogP contribution in [0.5, 0.6) is 0 Å². The van der Waals surface area contributed by atoms with E-state index < -0.39 is 0 Å². The van der Waals surface area contributed by atoms with Crippen LogP contribution in [-0.2, 0) is 17.1 Å². The molecular formula is C57H57CuN2O+. The van der Waals surface area contributed by atoms with E-state index in [2.05, 4.69) is 155 Å². The molecule has 7 aromatic carbocycles. The van der Waals surface area contributed by atoms with Crippen molar-refractivity contribution in [2.24, 2.45) is 29.1 Å². The Labute approximate surface area is 371 Å². The zero-order valence-electron chi connectivity index (χ0n) is 36.4. The molecule has 2 heterocycles. The average Bonchev–Trinajstić information content (AvgIpc) is 3.54. The molecular weight excluding hydrogens is 792 g/mol. The molecule has 1 spiro atoms. The van der Waals surface area contributed by atoms with Gasteiger partial charge in [-0.05, 0) is 142 Å². The van der Waals surface area contributed by atoms with Crippen molar-refractivity contribution >= 4 is 77.2 Å². The maximum Gasteiger partial charge on any atom is 2.00 e. The van der Waals surface area contributed by atoms with Crippen molar-refractivity contribution in [3.63, 3.8) is 0 Å². The summed E-state index contributed by atoms with van der Waals surface area (Å²) in [6, 6.07) is 45.3. The first-order chi connectivity index (χ1) is 29.1. The van der Waals surface area contributed by atoms with Crippen molar-refractivity contribution in [1.82, 2.24) is 4.98 Å².